The summed E-state index contributed by atoms with van der Waals surface area (Å²) in [4.78, 5) is 12.0. The molecule has 1 aromatic heterocycles. The number of hydrogen-bond donors (Lipinski definition) is 3. The Bertz CT molecular complexity index is 695. The fraction of sp³-hybridized carbons (Fsp3) is 0.421. The Labute approximate surface area is 148 Å². The standard InChI is InChI=1S/C19H25N5O/c1-14-6-5-7-15(12-14)13-20-17-10-11-18(24-23-17)22-19(25)21-16-8-3-2-4-9-16/h5-7,10-12,16H,2-4,8-9,13H2,1H3,(H,20,23)(H2,21,22,24,25). The molecule has 0 radical (unpaired) electrons. The second kappa shape index (κ2) is 8.46. The molecule has 2 amide bonds. The summed E-state index contributed by atoms with van der Waals surface area (Å²) < 4.78 is 0. The minimum Gasteiger partial charge on any atom is -0.365 e. The van der Waals surface area contributed by atoms with Gasteiger partial charge in [0.2, 0.25) is 0 Å². The Hall–Kier alpha value is -2.63. The van der Waals surface area contributed by atoms with Crippen LogP contribution in [0.15, 0.2) is 36.4 Å². The van der Waals surface area contributed by atoms with E-state index in [1.807, 2.05) is 12.1 Å². The zero-order valence-corrected chi connectivity index (χ0v) is 14.6. The highest BCUT2D eigenvalue weighted by molar-refractivity contribution is 5.88. The van der Waals surface area contributed by atoms with Gasteiger partial charge in [-0.2, -0.15) is 0 Å². The quantitative estimate of drug-likeness (QED) is 0.773. The van der Waals surface area contributed by atoms with E-state index in [9.17, 15) is 4.79 Å². The molecule has 6 nitrogen and oxygen atoms in total. The summed E-state index contributed by atoms with van der Waals surface area (Å²) in [5.74, 6) is 1.13. The molecule has 1 saturated carbocycles. The first-order chi connectivity index (χ1) is 12.2. The SMILES string of the molecule is Cc1cccc(CNc2ccc(NC(=O)NC3CCCCC3)nn2)c1. The second-order valence-corrected chi connectivity index (χ2v) is 6.58. The zero-order valence-electron chi connectivity index (χ0n) is 14.6. The molecule has 0 spiro atoms. The number of aryl methyl sites for hydroxylation is 1. The average Bonchev–Trinajstić information content (AvgIpc) is 2.62. The van der Waals surface area contributed by atoms with Gasteiger partial charge in [-0.1, -0.05) is 49.1 Å². The lowest BCUT2D eigenvalue weighted by Gasteiger charge is -2.22. The van der Waals surface area contributed by atoms with Crippen molar-refractivity contribution in [1.29, 1.82) is 0 Å². The topological polar surface area (TPSA) is 78.9 Å². The molecule has 2 aromatic rings. The predicted octanol–water partition coefficient (Wildman–Crippen LogP) is 3.85. The molecule has 0 saturated heterocycles. The number of benzene rings is 1. The Morgan fingerprint density at radius 2 is 1.84 bits per heavy atom. The van der Waals surface area contributed by atoms with Crippen molar-refractivity contribution in [3.05, 3.63) is 47.5 Å². The molecule has 0 unspecified atom stereocenters. The van der Waals surface area contributed by atoms with Crippen LogP contribution in [0.2, 0.25) is 0 Å². The number of hydrogen-bond acceptors (Lipinski definition) is 4. The monoisotopic (exact) mass is 339 g/mol. The third-order valence-electron chi connectivity index (χ3n) is 4.40. The smallest absolute Gasteiger partial charge is 0.320 e. The Morgan fingerprint density at radius 1 is 1.08 bits per heavy atom. The highest BCUT2D eigenvalue weighted by Crippen LogP contribution is 2.17. The van der Waals surface area contributed by atoms with Gasteiger partial charge >= 0.3 is 6.03 Å². The minimum absolute atomic E-state index is 0.207. The molecule has 132 valence electrons. The van der Waals surface area contributed by atoms with E-state index in [1.54, 1.807) is 6.07 Å². The normalized spacial score (nSPS) is 14.8. The van der Waals surface area contributed by atoms with Gasteiger partial charge < -0.3 is 10.6 Å². The molecule has 6 heteroatoms. The van der Waals surface area contributed by atoms with Gasteiger partial charge in [0, 0.05) is 12.6 Å². The van der Waals surface area contributed by atoms with Crippen LogP contribution < -0.4 is 16.0 Å². The molecular formula is C19H25N5O. The molecule has 1 heterocycles. The van der Waals surface area contributed by atoms with Crippen LogP contribution >= 0.6 is 0 Å². The van der Waals surface area contributed by atoms with E-state index in [1.165, 1.54) is 30.4 Å². The van der Waals surface area contributed by atoms with E-state index in [0.717, 1.165) is 12.8 Å². The maximum absolute atomic E-state index is 12.0. The first kappa shape index (κ1) is 17.2. The van der Waals surface area contributed by atoms with Crippen LogP contribution in [-0.2, 0) is 6.54 Å². The molecule has 0 atom stereocenters. The summed E-state index contributed by atoms with van der Waals surface area (Å²) in [6, 6.07) is 12.0. The highest BCUT2D eigenvalue weighted by Gasteiger charge is 2.15. The van der Waals surface area contributed by atoms with Gasteiger partial charge in [0.1, 0.15) is 5.82 Å². The van der Waals surface area contributed by atoms with Crippen LogP contribution in [0.5, 0.6) is 0 Å². The fourth-order valence-electron chi connectivity index (χ4n) is 3.09. The zero-order chi connectivity index (χ0) is 17.5. The Morgan fingerprint density at radius 3 is 2.56 bits per heavy atom. The van der Waals surface area contributed by atoms with Crippen molar-refractivity contribution in [2.75, 3.05) is 10.6 Å². The summed E-state index contributed by atoms with van der Waals surface area (Å²) in [6.45, 7) is 2.76. The number of carbonyl (C=O) groups excluding carboxylic acids is 1. The largest absolute Gasteiger partial charge is 0.365 e. The third kappa shape index (κ3) is 5.45. The van der Waals surface area contributed by atoms with Crippen LogP contribution in [0.4, 0.5) is 16.4 Å². The maximum Gasteiger partial charge on any atom is 0.320 e. The number of nitrogens with one attached hydrogen (secondary N) is 3. The van der Waals surface area contributed by atoms with E-state index in [0.29, 0.717) is 18.2 Å². The van der Waals surface area contributed by atoms with Crippen molar-refractivity contribution in [3.63, 3.8) is 0 Å². The third-order valence-corrected chi connectivity index (χ3v) is 4.40. The molecular weight excluding hydrogens is 314 g/mol. The molecule has 1 aromatic carbocycles. The van der Waals surface area contributed by atoms with Crippen molar-refractivity contribution in [3.8, 4) is 0 Å². The summed E-state index contributed by atoms with van der Waals surface area (Å²) >= 11 is 0. The first-order valence-electron chi connectivity index (χ1n) is 8.90. The fourth-order valence-corrected chi connectivity index (χ4v) is 3.09. The predicted molar refractivity (Wildman–Crippen MR) is 99.6 cm³/mol. The van der Waals surface area contributed by atoms with Crippen molar-refractivity contribution >= 4 is 17.7 Å². The lowest BCUT2D eigenvalue weighted by Crippen LogP contribution is -2.39. The summed E-state index contributed by atoms with van der Waals surface area (Å²) in [5, 5.41) is 17.1. The number of carbonyl (C=O) groups is 1. The van der Waals surface area contributed by atoms with Crippen LogP contribution in [0.25, 0.3) is 0 Å². The van der Waals surface area contributed by atoms with Gasteiger partial charge in [-0.25, -0.2) is 4.79 Å². The van der Waals surface area contributed by atoms with Crippen molar-refractivity contribution < 1.29 is 4.79 Å². The number of urea groups is 1. The second-order valence-electron chi connectivity index (χ2n) is 6.58. The van der Waals surface area contributed by atoms with Crippen LogP contribution in [0.1, 0.15) is 43.2 Å². The Kier molecular flexibility index (Phi) is 5.82. The van der Waals surface area contributed by atoms with Crippen molar-refractivity contribution in [2.24, 2.45) is 0 Å². The Balaban J connectivity index is 1.47. The van der Waals surface area contributed by atoms with Gasteiger partial charge in [0.25, 0.3) is 0 Å². The van der Waals surface area contributed by atoms with Crippen LogP contribution in [0, 0.1) is 6.92 Å². The first-order valence-corrected chi connectivity index (χ1v) is 8.90. The summed E-state index contributed by atoms with van der Waals surface area (Å²) in [7, 11) is 0. The number of anilines is 2. The molecule has 3 N–H and O–H groups in total. The minimum atomic E-state index is -0.207. The van der Waals surface area contributed by atoms with Crippen LogP contribution in [-0.4, -0.2) is 22.3 Å². The van der Waals surface area contributed by atoms with Crippen molar-refractivity contribution in [2.45, 2.75) is 51.6 Å². The van der Waals surface area contributed by atoms with Crippen molar-refractivity contribution in [1.82, 2.24) is 15.5 Å². The van der Waals surface area contributed by atoms with Gasteiger partial charge in [-0.15, -0.1) is 10.2 Å². The number of rotatable bonds is 5. The van der Waals surface area contributed by atoms with E-state index in [-0.39, 0.29) is 12.1 Å². The molecule has 0 bridgehead atoms. The number of nitrogens with zero attached hydrogens (tertiary/aromatic N) is 2. The van der Waals surface area contributed by atoms with E-state index < -0.39 is 0 Å². The summed E-state index contributed by atoms with van der Waals surface area (Å²) in [6.07, 6.45) is 5.75. The van der Waals surface area contributed by atoms with E-state index >= 15 is 0 Å². The van der Waals surface area contributed by atoms with E-state index in [4.69, 9.17) is 0 Å². The van der Waals surface area contributed by atoms with Gasteiger partial charge in [-0.3, -0.25) is 5.32 Å². The highest BCUT2D eigenvalue weighted by atomic mass is 16.2. The molecule has 1 aliphatic carbocycles. The maximum atomic E-state index is 12.0. The van der Waals surface area contributed by atoms with Gasteiger partial charge in [0.15, 0.2) is 5.82 Å². The van der Waals surface area contributed by atoms with Gasteiger partial charge in [0.05, 0.1) is 0 Å². The molecule has 1 aliphatic rings. The van der Waals surface area contributed by atoms with Crippen LogP contribution in [0.3, 0.4) is 0 Å². The van der Waals surface area contributed by atoms with Gasteiger partial charge in [-0.05, 0) is 37.5 Å². The molecule has 0 aliphatic heterocycles. The summed E-state index contributed by atoms with van der Waals surface area (Å²) in [5.41, 5.74) is 2.42. The average molecular weight is 339 g/mol. The molecule has 1 fully saturated rings. The number of aromatic nitrogens is 2. The van der Waals surface area contributed by atoms with E-state index in [2.05, 4.69) is 51.3 Å². The lowest BCUT2D eigenvalue weighted by molar-refractivity contribution is 0.244. The lowest BCUT2D eigenvalue weighted by atomic mass is 9.96. The molecule has 3 rings (SSSR count). The number of amides is 2. The molecule has 25 heavy (non-hydrogen) atoms.